The molecule has 0 saturated heterocycles. The molecule has 0 amide bonds. The van der Waals surface area contributed by atoms with E-state index in [0.717, 1.165) is 7.11 Å². The van der Waals surface area contributed by atoms with Crippen molar-refractivity contribution in [2.45, 2.75) is 13.1 Å². The highest BCUT2D eigenvalue weighted by atomic mass is 32.1. The first-order valence-electron chi connectivity index (χ1n) is 4.65. The standard InChI is InChI=1S/C9H9F3N2O3S/c1-4(15)6-5(7(16)17-2)14-8(18-6)13-3-9(10,11)12/h3H2,1-2H3,(H,13,14). The first kappa shape index (κ1) is 14.4. The van der Waals surface area contributed by atoms with Gasteiger partial charge in [0.25, 0.3) is 0 Å². The molecule has 0 radical (unpaired) electrons. The van der Waals surface area contributed by atoms with Crippen LogP contribution in [0.15, 0.2) is 0 Å². The quantitative estimate of drug-likeness (QED) is 0.676. The summed E-state index contributed by atoms with van der Waals surface area (Å²) in [6.45, 7) is -0.105. The molecule has 0 aliphatic carbocycles. The highest BCUT2D eigenvalue weighted by Crippen LogP contribution is 2.25. The molecule has 0 aliphatic rings. The van der Waals surface area contributed by atoms with Crippen molar-refractivity contribution in [1.29, 1.82) is 0 Å². The normalized spacial score (nSPS) is 11.2. The lowest BCUT2D eigenvalue weighted by Crippen LogP contribution is -2.21. The number of methoxy groups -OCH3 is 1. The zero-order valence-electron chi connectivity index (χ0n) is 9.42. The summed E-state index contributed by atoms with van der Waals surface area (Å²) >= 11 is 0.679. The van der Waals surface area contributed by atoms with Crippen molar-refractivity contribution in [3.63, 3.8) is 0 Å². The number of ether oxygens (including phenoxy) is 1. The first-order chi connectivity index (χ1) is 8.24. The maximum atomic E-state index is 12.0. The van der Waals surface area contributed by atoms with Crippen LogP contribution in [0.5, 0.6) is 0 Å². The van der Waals surface area contributed by atoms with Gasteiger partial charge in [0.2, 0.25) is 0 Å². The molecule has 0 unspecified atom stereocenters. The fourth-order valence-corrected chi connectivity index (χ4v) is 1.89. The van der Waals surface area contributed by atoms with Gasteiger partial charge < -0.3 is 10.1 Å². The summed E-state index contributed by atoms with van der Waals surface area (Å²) < 4.78 is 40.4. The zero-order valence-corrected chi connectivity index (χ0v) is 10.2. The van der Waals surface area contributed by atoms with E-state index in [2.05, 4.69) is 9.72 Å². The lowest BCUT2D eigenvalue weighted by molar-refractivity contribution is -0.115. The van der Waals surface area contributed by atoms with Gasteiger partial charge in [-0.3, -0.25) is 4.79 Å². The van der Waals surface area contributed by atoms with E-state index >= 15 is 0 Å². The van der Waals surface area contributed by atoms with Crippen LogP contribution in [0, 0.1) is 0 Å². The van der Waals surface area contributed by atoms with Gasteiger partial charge in [0.1, 0.15) is 11.4 Å². The van der Waals surface area contributed by atoms with Crippen LogP contribution in [0.1, 0.15) is 27.1 Å². The minimum Gasteiger partial charge on any atom is -0.464 e. The fourth-order valence-electron chi connectivity index (χ4n) is 1.05. The van der Waals surface area contributed by atoms with Crippen molar-refractivity contribution in [2.24, 2.45) is 0 Å². The van der Waals surface area contributed by atoms with Crippen LogP contribution in [-0.2, 0) is 4.74 Å². The summed E-state index contributed by atoms with van der Waals surface area (Å²) in [5, 5.41) is 1.85. The van der Waals surface area contributed by atoms with E-state index < -0.39 is 24.5 Å². The van der Waals surface area contributed by atoms with Gasteiger partial charge in [-0.2, -0.15) is 13.2 Å². The Morgan fingerprint density at radius 2 is 2.06 bits per heavy atom. The highest BCUT2D eigenvalue weighted by Gasteiger charge is 2.28. The molecule has 9 heteroatoms. The molecule has 1 heterocycles. The summed E-state index contributed by atoms with van der Waals surface area (Å²) in [5.74, 6) is -1.33. The predicted molar refractivity (Wildman–Crippen MR) is 58.0 cm³/mol. The Morgan fingerprint density at radius 1 is 1.44 bits per heavy atom. The number of hydrogen-bond donors (Lipinski definition) is 1. The fraction of sp³-hybridized carbons (Fsp3) is 0.444. The summed E-state index contributed by atoms with van der Waals surface area (Å²) in [7, 11) is 1.09. The van der Waals surface area contributed by atoms with E-state index in [9.17, 15) is 22.8 Å². The highest BCUT2D eigenvalue weighted by molar-refractivity contribution is 7.17. The van der Waals surface area contributed by atoms with Crippen molar-refractivity contribution in [3.8, 4) is 0 Å². The minimum absolute atomic E-state index is 0.0356. The molecule has 18 heavy (non-hydrogen) atoms. The number of nitrogens with zero attached hydrogens (tertiary/aromatic N) is 1. The first-order valence-corrected chi connectivity index (χ1v) is 5.47. The number of anilines is 1. The van der Waals surface area contributed by atoms with Crippen LogP contribution >= 0.6 is 11.3 Å². The molecule has 100 valence electrons. The second kappa shape index (κ2) is 5.34. The lowest BCUT2D eigenvalue weighted by Gasteiger charge is -2.05. The Bertz CT molecular complexity index is 470. The molecular weight excluding hydrogens is 273 g/mol. The van der Waals surface area contributed by atoms with E-state index in [1.165, 1.54) is 6.92 Å². The molecule has 1 rings (SSSR count). The Morgan fingerprint density at radius 3 is 2.50 bits per heavy atom. The number of rotatable bonds is 4. The Balaban J connectivity index is 2.96. The number of carbonyl (C=O) groups is 2. The molecule has 1 aromatic rings. The van der Waals surface area contributed by atoms with Crippen molar-refractivity contribution in [3.05, 3.63) is 10.6 Å². The second-order valence-electron chi connectivity index (χ2n) is 3.21. The van der Waals surface area contributed by atoms with Gasteiger partial charge in [0, 0.05) is 6.92 Å². The summed E-state index contributed by atoms with van der Waals surface area (Å²) in [6, 6.07) is 0. The van der Waals surface area contributed by atoms with Crippen LogP contribution in [-0.4, -0.2) is 36.6 Å². The number of hydrogen-bond acceptors (Lipinski definition) is 6. The van der Waals surface area contributed by atoms with Gasteiger partial charge in [-0.05, 0) is 0 Å². The molecule has 0 fully saturated rings. The zero-order chi connectivity index (χ0) is 13.9. The number of carbonyl (C=O) groups excluding carboxylic acids is 2. The maximum absolute atomic E-state index is 12.0. The molecule has 5 nitrogen and oxygen atoms in total. The predicted octanol–water partition coefficient (Wildman–Crippen LogP) is 2.11. The molecule has 0 aliphatic heterocycles. The molecule has 0 bridgehead atoms. The van der Waals surface area contributed by atoms with Crippen LogP contribution < -0.4 is 5.32 Å². The number of alkyl halides is 3. The van der Waals surface area contributed by atoms with E-state index in [1.807, 2.05) is 5.32 Å². The Labute approximate surface area is 104 Å². The van der Waals surface area contributed by atoms with Gasteiger partial charge in [-0.15, -0.1) is 0 Å². The molecular formula is C9H9F3N2O3S. The molecule has 0 aromatic carbocycles. The van der Waals surface area contributed by atoms with E-state index in [0.29, 0.717) is 11.3 Å². The summed E-state index contributed by atoms with van der Waals surface area (Å²) in [5.41, 5.74) is -0.278. The monoisotopic (exact) mass is 282 g/mol. The number of nitrogens with one attached hydrogen (secondary N) is 1. The average molecular weight is 282 g/mol. The van der Waals surface area contributed by atoms with Gasteiger partial charge in [-0.25, -0.2) is 9.78 Å². The van der Waals surface area contributed by atoms with Crippen LogP contribution in [0.3, 0.4) is 0 Å². The smallest absolute Gasteiger partial charge is 0.405 e. The second-order valence-corrected chi connectivity index (χ2v) is 4.21. The third-order valence-electron chi connectivity index (χ3n) is 1.77. The Kier molecular flexibility index (Phi) is 4.28. The van der Waals surface area contributed by atoms with Crippen LogP contribution in [0.25, 0.3) is 0 Å². The van der Waals surface area contributed by atoms with Gasteiger partial charge >= 0.3 is 12.1 Å². The van der Waals surface area contributed by atoms with Crippen LogP contribution in [0.4, 0.5) is 18.3 Å². The van der Waals surface area contributed by atoms with Gasteiger partial charge in [0.15, 0.2) is 16.6 Å². The van der Waals surface area contributed by atoms with E-state index in [-0.39, 0.29) is 15.7 Å². The lowest BCUT2D eigenvalue weighted by atomic mass is 10.3. The third kappa shape index (κ3) is 3.69. The SMILES string of the molecule is COC(=O)c1nc(NCC(F)(F)F)sc1C(C)=O. The van der Waals surface area contributed by atoms with Crippen LogP contribution in [0.2, 0.25) is 0 Å². The molecule has 0 spiro atoms. The largest absolute Gasteiger partial charge is 0.464 e. The number of halogens is 3. The molecule has 0 saturated carbocycles. The van der Waals surface area contributed by atoms with Crippen molar-refractivity contribution >= 4 is 28.2 Å². The van der Waals surface area contributed by atoms with Crippen molar-refractivity contribution in [1.82, 2.24) is 4.98 Å². The molecule has 1 aromatic heterocycles. The Hall–Kier alpha value is -1.64. The van der Waals surface area contributed by atoms with E-state index in [4.69, 9.17) is 0 Å². The van der Waals surface area contributed by atoms with Gasteiger partial charge in [0.05, 0.1) is 7.11 Å². The number of Topliss-reactive ketones (excluding diaryl/α,β-unsaturated/α-hetero) is 1. The van der Waals surface area contributed by atoms with Crippen molar-refractivity contribution < 1.29 is 27.5 Å². The summed E-state index contributed by atoms with van der Waals surface area (Å²) in [6.07, 6.45) is -4.41. The van der Waals surface area contributed by atoms with Crippen molar-refractivity contribution in [2.75, 3.05) is 19.0 Å². The number of ketones is 1. The third-order valence-corrected chi connectivity index (χ3v) is 2.88. The summed E-state index contributed by atoms with van der Waals surface area (Å²) in [4.78, 5) is 26.1. The topological polar surface area (TPSA) is 68.3 Å². The molecule has 0 atom stereocenters. The maximum Gasteiger partial charge on any atom is 0.405 e. The van der Waals surface area contributed by atoms with E-state index in [1.54, 1.807) is 0 Å². The average Bonchev–Trinajstić information content (AvgIpc) is 2.68. The molecule has 1 N–H and O–H groups in total. The number of thiazole rings is 1. The number of aromatic nitrogens is 1. The number of esters is 1. The van der Waals surface area contributed by atoms with Gasteiger partial charge in [-0.1, -0.05) is 11.3 Å². The minimum atomic E-state index is -4.41.